The van der Waals surface area contributed by atoms with Gasteiger partial charge in [-0.3, -0.25) is 4.98 Å². The minimum absolute atomic E-state index is 0.718. The fourth-order valence-corrected chi connectivity index (χ4v) is 3.16. The van der Waals surface area contributed by atoms with Crippen molar-refractivity contribution < 1.29 is 0 Å². The van der Waals surface area contributed by atoms with Gasteiger partial charge in [0.25, 0.3) is 0 Å². The van der Waals surface area contributed by atoms with Crippen molar-refractivity contribution in [2.24, 2.45) is 0 Å². The van der Waals surface area contributed by atoms with Crippen LogP contribution in [0.15, 0.2) is 18.5 Å². The second-order valence-electron chi connectivity index (χ2n) is 4.41. The number of hydrogen-bond acceptors (Lipinski definition) is 4. The lowest BCUT2D eigenvalue weighted by molar-refractivity contribution is 0.713. The summed E-state index contributed by atoms with van der Waals surface area (Å²) in [6.07, 6.45) is 3.90. The highest BCUT2D eigenvalue weighted by molar-refractivity contribution is 8.00. The summed E-state index contributed by atoms with van der Waals surface area (Å²) in [4.78, 5) is 6.75. The predicted octanol–water partition coefficient (Wildman–Crippen LogP) is 2.13. The summed E-state index contributed by atoms with van der Waals surface area (Å²) in [6.45, 7) is 8.66. The highest BCUT2D eigenvalue weighted by atomic mass is 32.2. The van der Waals surface area contributed by atoms with Crippen molar-refractivity contribution in [1.29, 1.82) is 0 Å². The molecule has 1 unspecified atom stereocenters. The zero-order valence-electron chi connectivity index (χ0n) is 10.6. The summed E-state index contributed by atoms with van der Waals surface area (Å²) in [7, 11) is 0. The van der Waals surface area contributed by atoms with Gasteiger partial charge in [0.05, 0.1) is 11.9 Å². The number of aromatic nitrogens is 1. The van der Waals surface area contributed by atoms with Crippen LogP contribution in [0, 0.1) is 0 Å². The molecule has 2 heterocycles. The molecule has 3 nitrogen and oxygen atoms in total. The molecular formula is C13H21N3S. The van der Waals surface area contributed by atoms with E-state index in [1.165, 1.54) is 17.0 Å². The lowest BCUT2D eigenvalue weighted by Gasteiger charge is -2.33. The van der Waals surface area contributed by atoms with Crippen LogP contribution >= 0.6 is 11.8 Å². The standard InChI is InChI=1S/C13H21N3S/c1-3-14-8-12-4-5-15-9-13(12)16-6-7-17-11(2)10-16/h4-5,9,11,14H,3,6-8,10H2,1-2H3. The molecule has 1 aliphatic rings. The van der Waals surface area contributed by atoms with E-state index < -0.39 is 0 Å². The number of rotatable bonds is 4. The summed E-state index contributed by atoms with van der Waals surface area (Å²) < 4.78 is 0. The normalized spacial score (nSPS) is 20.6. The van der Waals surface area contributed by atoms with Crippen LogP contribution in [0.5, 0.6) is 0 Å². The quantitative estimate of drug-likeness (QED) is 0.887. The van der Waals surface area contributed by atoms with Gasteiger partial charge in [0.1, 0.15) is 0 Å². The van der Waals surface area contributed by atoms with Gasteiger partial charge in [0.2, 0.25) is 0 Å². The summed E-state index contributed by atoms with van der Waals surface area (Å²) in [5.41, 5.74) is 2.67. The van der Waals surface area contributed by atoms with Crippen LogP contribution in [0.4, 0.5) is 5.69 Å². The van der Waals surface area contributed by atoms with E-state index in [9.17, 15) is 0 Å². The fourth-order valence-electron chi connectivity index (χ4n) is 2.15. The first kappa shape index (κ1) is 12.7. The minimum Gasteiger partial charge on any atom is -0.368 e. The van der Waals surface area contributed by atoms with Crippen LogP contribution in [0.25, 0.3) is 0 Å². The first-order valence-electron chi connectivity index (χ1n) is 6.31. The molecule has 94 valence electrons. The van der Waals surface area contributed by atoms with Crippen molar-refractivity contribution in [2.45, 2.75) is 25.6 Å². The van der Waals surface area contributed by atoms with Crippen molar-refractivity contribution in [3.63, 3.8) is 0 Å². The lowest BCUT2D eigenvalue weighted by atomic mass is 10.2. The van der Waals surface area contributed by atoms with Crippen LogP contribution in [0.1, 0.15) is 19.4 Å². The second kappa shape index (κ2) is 6.26. The molecule has 0 radical (unpaired) electrons. The third-order valence-electron chi connectivity index (χ3n) is 3.03. The van der Waals surface area contributed by atoms with Crippen molar-refractivity contribution in [2.75, 3.05) is 30.3 Å². The Hall–Kier alpha value is -0.740. The molecule has 1 aromatic heterocycles. The van der Waals surface area contributed by atoms with E-state index >= 15 is 0 Å². The molecule has 2 rings (SSSR count). The van der Waals surface area contributed by atoms with Crippen LogP contribution in [-0.2, 0) is 6.54 Å². The van der Waals surface area contributed by atoms with E-state index in [2.05, 4.69) is 46.9 Å². The maximum Gasteiger partial charge on any atom is 0.0598 e. The second-order valence-corrected chi connectivity index (χ2v) is 5.96. The Bertz CT molecular complexity index is 356. The van der Waals surface area contributed by atoms with E-state index in [1.54, 1.807) is 0 Å². The summed E-state index contributed by atoms with van der Waals surface area (Å²) in [5, 5.41) is 4.11. The van der Waals surface area contributed by atoms with Crippen molar-refractivity contribution in [3.05, 3.63) is 24.0 Å². The molecule has 17 heavy (non-hydrogen) atoms. The Morgan fingerprint density at radius 2 is 2.47 bits per heavy atom. The van der Waals surface area contributed by atoms with Crippen LogP contribution in [0.3, 0.4) is 0 Å². The summed E-state index contributed by atoms with van der Waals surface area (Å²) in [6, 6.07) is 2.13. The van der Waals surface area contributed by atoms with Gasteiger partial charge in [-0.15, -0.1) is 0 Å². The molecule has 0 amide bonds. The number of nitrogens with zero attached hydrogens (tertiary/aromatic N) is 2. The molecule has 0 bridgehead atoms. The van der Waals surface area contributed by atoms with E-state index in [0.717, 1.165) is 31.4 Å². The average molecular weight is 251 g/mol. The van der Waals surface area contributed by atoms with Crippen LogP contribution in [0.2, 0.25) is 0 Å². The Labute approximate surface area is 108 Å². The third kappa shape index (κ3) is 3.36. The molecule has 1 atom stereocenters. The number of thioether (sulfide) groups is 1. The Morgan fingerprint density at radius 3 is 3.24 bits per heavy atom. The molecule has 0 aromatic carbocycles. The Morgan fingerprint density at radius 1 is 1.59 bits per heavy atom. The first-order chi connectivity index (χ1) is 8.31. The molecule has 1 saturated heterocycles. The van der Waals surface area contributed by atoms with Crippen molar-refractivity contribution >= 4 is 17.4 Å². The molecule has 1 aromatic rings. The van der Waals surface area contributed by atoms with E-state index in [1.807, 2.05) is 12.4 Å². The molecule has 4 heteroatoms. The van der Waals surface area contributed by atoms with Crippen LogP contribution < -0.4 is 10.2 Å². The van der Waals surface area contributed by atoms with E-state index in [4.69, 9.17) is 0 Å². The molecular weight excluding hydrogens is 230 g/mol. The summed E-state index contributed by atoms with van der Waals surface area (Å²) >= 11 is 2.06. The third-order valence-corrected chi connectivity index (χ3v) is 4.17. The maximum atomic E-state index is 4.28. The summed E-state index contributed by atoms with van der Waals surface area (Å²) in [5.74, 6) is 1.22. The minimum atomic E-state index is 0.718. The Kier molecular flexibility index (Phi) is 4.68. The number of nitrogens with one attached hydrogen (secondary N) is 1. The maximum absolute atomic E-state index is 4.28. The van der Waals surface area contributed by atoms with E-state index in [0.29, 0.717) is 0 Å². The highest BCUT2D eigenvalue weighted by Gasteiger charge is 2.18. The van der Waals surface area contributed by atoms with Gasteiger partial charge in [0, 0.05) is 36.8 Å². The van der Waals surface area contributed by atoms with Gasteiger partial charge >= 0.3 is 0 Å². The molecule has 0 aliphatic carbocycles. The topological polar surface area (TPSA) is 28.2 Å². The number of hydrogen-bond donors (Lipinski definition) is 1. The van der Waals surface area contributed by atoms with Gasteiger partial charge in [0.15, 0.2) is 0 Å². The van der Waals surface area contributed by atoms with E-state index in [-0.39, 0.29) is 0 Å². The number of pyridine rings is 1. The Balaban J connectivity index is 2.12. The molecule has 0 saturated carbocycles. The lowest BCUT2D eigenvalue weighted by Crippen LogP contribution is -2.37. The zero-order chi connectivity index (χ0) is 12.1. The molecule has 1 aliphatic heterocycles. The molecule has 0 spiro atoms. The van der Waals surface area contributed by atoms with Gasteiger partial charge < -0.3 is 10.2 Å². The number of anilines is 1. The van der Waals surface area contributed by atoms with Crippen LogP contribution in [-0.4, -0.2) is 35.6 Å². The van der Waals surface area contributed by atoms with Gasteiger partial charge in [-0.05, 0) is 18.2 Å². The zero-order valence-corrected chi connectivity index (χ0v) is 11.5. The average Bonchev–Trinajstić information content (AvgIpc) is 2.37. The monoisotopic (exact) mass is 251 g/mol. The fraction of sp³-hybridized carbons (Fsp3) is 0.615. The SMILES string of the molecule is CCNCc1ccncc1N1CCSC(C)C1. The molecule has 1 fully saturated rings. The largest absolute Gasteiger partial charge is 0.368 e. The van der Waals surface area contributed by atoms with Gasteiger partial charge in [-0.25, -0.2) is 0 Å². The van der Waals surface area contributed by atoms with Gasteiger partial charge in [-0.2, -0.15) is 11.8 Å². The smallest absolute Gasteiger partial charge is 0.0598 e. The van der Waals surface area contributed by atoms with Crippen molar-refractivity contribution in [1.82, 2.24) is 10.3 Å². The highest BCUT2D eigenvalue weighted by Crippen LogP contribution is 2.25. The molecule has 1 N–H and O–H groups in total. The first-order valence-corrected chi connectivity index (χ1v) is 7.36. The van der Waals surface area contributed by atoms with Crippen molar-refractivity contribution in [3.8, 4) is 0 Å². The van der Waals surface area contributed by atoms with Gasteiger partial charge in [-0.1, -0.05) is 13.8 Å². The predicted molar refractivity (Wildman–Crippen MR) is 75.8 cm³/mol.